The van der Waals surface area contributed by atoms with Gasteiger partial charge in [-0.1, -0.05) is 18.2 Å². The molecule has 3 heteroatoms. The summed E-state index contributed by atoms with van der Waals surface area (Å²) in [5.74, 6) is 0.506. The smallest absolute Gasteiger partial charge is 0.0732 e. The molecule has 0 aliphatic carbocycles. The molecule has 0 radical (unpaired) electrons. The number of hydrogen-bond donors (Lipinski definition) is 1. The zero-order valence-corrected chi connectivity index (χ0v) is 6.86. The third-order valence-corrected chi connectivity index (χ3v) is 3.87. The predicted molar refractivity (Wildman–Crippen MR) is 44.1 cm³/mol. The van der Waals surface area contributed by atoms with Crippen molar-refractivity contribution in [2.24, 2.45) is 0 Å². The van der Waals surface area contributed by atoms with Gasteiger partial charge in [0.05, 0.1) is 14.6 Å². The lowest BCUT2D eigenvalue weighted by Crippen LogP contribution is -1.95. The number of hydrogen-bond acceptors (Lipinski definition) is 2. The fraction of sp³-hybridized carbons (Fsp3) is 0.250. The predicted octanol–water partition coefficient (Wildman–Crippen LogP) is 1.65. The van der Waals surface area contributed by atoms with Crippen LogP contribution in [0.2, 0.25) is 0 Å². The first-order chi connectivity index (χ1) is 5.20. The van der Waals surface area contributed by atoms with E-state index in [9.17, 15) is 4.21 Å². The highest BCUT2D eigenvalue weighted by Crippen LogP contribution is 2.25. The molecule has 1 aliphatic rings. The minimum absolute atomic E-state index is 0.506. The van der Waals surface area contributed by atoms with Gasteiger partial charge in [-0.3, -0.25) is 0 Å². The van der Waals surface area contributed by atoms with E-state index < -0.39 is 9.73 Å². The topological polar surface area (TPSA) is 40.9 Å². The highest BCUT2D eigenvalue weighted by molar-refractivity contribution is 7.92. The molecule has 2 nitrogen and oxygen atoms in total. The molecule has 1 atom stereocenters. The Morgan fingerprint density at radius 2 is 2.09 bits per heavy atom. The molecular formula is C8H9NOS. The summed E-state index contributed by atoms with van der Waals surface area (Å²) in [6.07, 6.45) is 0.804. The Morgan fingerprint density at radius 3 is 2.82 bits per heavy atom. The van der Waals surface area contributed by atoms with Crippen molar-refractivity contribution in [1.82, 2.24) is 0 Å². The van der Waals surface area contributed by atoms with Crippen LogP contribution in [0.3, 0.4) is 0 Å². The van der Waals surface area contributed by atoms with Crippen LogP contribution in [0, 0.1) is 4.78 Å². The summed E-state index contributed by atoms with van der Waals surface area (Å²) in [5.41, 5.74) is 1.09. The molecular weight excluding hydrogens is 158 g/mol. The van der Waals surface area contributed by atoms with E-state index in [0.717, 1.165) is 16.9 Å². The van der Waals surface area contributed by atoms with Crippen molar-refractivity contribution in [1.29, 1.82) is 4.78 Å². The first-order valence-corrected chi connectivity index (χ1v) is 5.27. The van der Waals surface area contributed by atoms with Gasteiger partial charge in [0.25, 0.3) is 0 Å². The van der Waals surface area contributed by atoms with E-state index in [1.807, 2.05) is 18.2 Å². The molecule has 0 aromatic heterocycles. The van der Waals surface area contributed by atoms with Gasteiger partial charge in [-0.15, -0.1) is 0 Å². The van der Waals surface area contributed by atoms with Crippen LogP contribution in [0.1, 0.15) is 5.56 Å². The lowest BCUT2D eigenvalue weighted by molar-refractivity contribution is 0.677. The summed E-state index contributed by atoms with van der Waals surface area (Å²) >= 11 is 0. The normalized spacial score (nSPS) is 28.4. The van der Waals surface area contributed by atoms with Gasteiger partial charge in [0.15, 0.2) is 0 Å². The van der Waals surface area contributed by atoms with E-state index in [1.54, 1.807) is 6.07 Å². The van der Waals surface area contributed by atoms with Crippen LogP contribution in [0.15, 0.2) is 29.2 Å². The van der Waals surface area contributed by atoms with E-state index >= 15 is 0 Å². The van der Waals surface area contributed by atoms with Gasteiger partial charge in [-0.25, -0.2) is 8.99 Å². The zero-order valence-electron chi connectivity index (χ0n) is 6.04. The van der Waals surface area contributed by atoms with Crippen LogP contribution in [-0.4, -0.2) is 9.96 Å². The molecule has 1 N–H and O–H groups in total. The third-order valence-electron chi connectivity index (χ3n) is 1.99. The molecule has 1 aromatic carbocycles. The Balaban J connectivity index is 2.75. The second kappa shape index (κ2) is 2.08. The second-order valence-electron chi connectivity index (χ2n) is 2.74. The van der Waals surface area contributed by atoms with Gasteiger partial charge >= 0.3 is 0 Å². The van der Waals surface area contributed by atoms with Crippen LogP contribution < -0.4 is 0 Å². The van der Waals surface area contributed by atoms with Gasteiger partial charge in [-0.05, 0) is 18.1 Å². The van der Waals surface area contributed by atoms with Crippen LogP contribution in [-0.2, 0) is 16.1 Å². The van der Waals surface area contributed by atoms with Crippen LogP contribution in [0.5, 0.6) is 0 Å². The average molecular weight is 167 g/mol. The second-order valence-corrected chi connectivity index (χ2v) is 4.94. The molecule has 0 saturated carbocycles. The van der Waals surface area contributed by atoms with Crippen molar-refractivity contribution in [2.75, 3.05) is 5.75 Å². The maximum Gasteiger partial charge on any atom is 0.0732 e. The Morgan fingerprint density at radius 1 is 1.36 bits per heavy atom. The third kappa shape index (κ3) is 0.959. The molecule has 1 heterocycles. The van der Waals surface area contributed by atoms with Crippen molar-refractivity contribution in [3.8, 4) is 0 Å². The average Bonchev–Trinajstić information content (AvgIpc) is 2.29. The Kier molecular flexibility index (Phi) is 1.29. The number of benzene rings is 1. The summed E-state index contributed by atoms with van der Waals surface area (Å²) in [4.78, 5) is 0.750. The fourth-order valence-electron chi connectivity index (χ4n) is 1.40. The van der Waals surface area contributed by atoms with Crippen molar-refractivity contribution in [3.05, 3.63) is 29.8 Å². The monoisotopic (exact) mass is 167 g/mol. The quantitative estimate of drug-likeness (QED) is 0.627. The minimum Gasteiger partial charge on any atom is -0.249 e. The van der Waals surface area contributed by atoms with Crippen molar-refractivity contribution < 1.29 is 4.21 Å². The molecule has 58 valence electrons. The molecule has 0 spiro atoms. The maximum absolute atomic E-state index is 11.5. The van der Waals surface area contributed by atoms with Gasteiger partial charge < -0.3 is 0 Å². The molecule has 0 fully saturated rings. The van der Waals surface area contributed by atoms with Gasteiger partial charge in [0.1, 0.15) is 0 Å². The first kappa shape index (κ1) is 6.85. The molecule has 0 saturated heterocycles. The first-order valence-electron chi connectivity index (χ1n) is 3.54. The van der Waals surface area contributed by atoms with E-state index in [0.29, 0.717) is 5.75 Å². The van der Waals surface area contributed by atoms with Crippen molar-refractivity contribution in [3.63, 3.8) is 0 Å². The van der Waals surface area contributed by atoms with Gasteiger partial charge in [0.2, 0.25) is 0 Å². The summed E-state index contributed by atoms with van der Waals surface area (Å²) < 4.78 is 19.0. The number of fused-ring (bicyclic) bond motifs is 1. The lowest BCUT2D eigenvalue weighted by atomic mass is 10.2. The zero-order chi connectivity index (χ0) is 7.90. The molecule has 11 heavy (non-hydrogen) atoms. The molecule has 0 bridgehead atoms. The van der Waals surface area contributed by atoms with Crippen LogP contribution in [0.4, 0.5) is 0 Å². The molecule has 0 amide bonds. The number of aryl methyl sites for hydroxylation is 1. The van der Waals surface area contributed by atoms with Crippen molar-refractivity contribution >= 4 is 9.73 Å². The Labute approximate surface area is 66.2 Å². The fourth-order valence-corrected chi connectivity index (χ4v) is 3.01. The van der Waals surface area contributed by atoms with E-state index in [1.165, 1.54) is 0 Å². The molecule has 1 aromatic rings. The highest BCUT2D eigenvalue weighted by atomic mass is 32.2. The summed E-state index contributed by atoms with van der Waals surface area (Å²) in [6, 6.07) is 7.53. The van der Waals surface area contributed by atoms with Gasteiger partial charge in [0, 0.05) is 5.75 Å². The van der Waals surface area contributed by atoms with E-state index in [4.69, 9.17) is 4.78 Å². The summed E-state index contributed by atoms with van der Waals surface area (Å²) in [6.45, 7) is 0. The largest absolute Gasteiger partial charge is 0.249 e. The molecule has 1 aliphatic heterocycles. The van der Waals surface area contributed by atoms with Gasteiger partial charge in [-0.2, -0.15) is 0 Å². The summed E-state index contributed by atoms with van der Waals surface area (Å²) in [7, 11) is -2.41. The van der Waals surface area contributed by atoms with Crippen LogP contribution >= 0.6 is 0 Å². The molecule has 2 rings (SSSR count). The van der Waals surface area contributed by atoms with Crippen LogP contribution in [0.25, 0.3) is 0 Å². The van der Waals surface area contributed by atoms with E-state index in [2.05, 4.69) is 0 Å². The SMILES string of the molecule is N=[S@]1(=O)CCc2ccccc21. The van der Waals surface area contributed by atoms with E-state index in [-0.39, 0.29) is 0 Å². The molecule has 0 unspecified atom stereocenters. The minimum atomic E-state index is -2.41. The standard InChI is InChI=1S/C8H9NOS/c9-11(10)6-5-7-3-1-2-4-8(7)11/h1-4,9H,5-6H2/t11-/m0/s1. The Hall–Kier alpha value is -0.830. The number of rotatable bonds is 0. The lowest BCUT2D eigenvalue weighted by Gasteiger charge is -1.97. The maximum atomic E-state index is 11.5. The number of nitrogens with one attached hydrogen (secondary N) is 1. The van der Waals surface area contributed by atoms with Crippen molar-refractivity contribution in [2.45, 2.75) is 11.3 Å². The highest BCUT2D eigenvalue weighted by Gasteiger charge is 2.21. The summed E-state index contributed by atoms with van der Waals surface area (Å²) in [5, 5.41) is 0. The Bertz CT molecular complexity index is 381.